The van der Waals surface area contributed by atoms with Crippen LogP contribution in [0.5, 0.6) is 0 Å². The number of aliphatic carboxylic acids is 1. The van der Waals surface area contributed by atoms with Gasteiger partial charge in [0.15, 0.2) is 0 Å². The minimum atomic E-state index is -1.02. The number of nitrogens with one attached hydrogen (secondary N) is 1. The van der Waals surface area contributed by atoms with E-state index in [1.807, 2.05) is 6.92 Å². The topological polar surface area (TPSA) is 86.7 Å². The van der Waals surface area contributed by atoms with Crippen molar-refractivity contribution in [2.24, 2.45) is 5.92 Å². The van der Waals surface area contributed by atoms with E-state index < -0.39 is 22.8 Å². The van der Waals surface area contributed by atoms with Crippen molar-refractivity contribution in [3.05, 3.63) is 0 Å². The van der Waals surface area contributed by atoms with Gasteiger partial charge in [-0.2, -0.15) is 0 Å². The molecule has 1 heterocycles. The molecule has 2 N–H and O–H groups in total. The van der Waals surface area contributed by atoms with Crippen molar-refractivity contribution in [3.63, 3.8) is 0 Å². The third-order valence-corrected chi connectivity index (χ3v) is 4.50. The first-order valence-electron chi connectivity index (χ1n) is 6.09. The summed E-state index contributed by atoms with van der Waals surface area (Å²) in [6.07, 6.45) is 0.682. The number of hydrogen-bond donors (Lipinski definition) is 2. The van der Waals surface area contributed by atoms with Crippen LogP contribution in [0.3, 0.4) is 0 Å². The van der Waals surface area contributed by atoms with E-state index in [-0.39, 0.29) is 11.9 Å². The Hall–Kier alpha value is -1.11. The molecule has 0 spiro atoms. The standard InChI is InChI=1S/C11H20N2O4S/c1-3-8(2)9(10(14)15)12-11(16)13-4-6-18(17)7-5-13/h8-9H,3-7H2,1-2H3,(H,12,16)(H,14,15)/t8?,9-/m0/s1. The SMILES string of the molecule is CCC(C)[C@H](NC(=O)N1CCS(=O)CC1)C(=O)O. The molecule has 18 heavy (non-hydrogen) atoms. The lowest BCUT2D eigenvalue weighted by molar-refractivity contribution is -0.140. The minimum absolute atomic E-state index is 0.120. The van der Waals surface area contributed by atoms with Crippen LogP contribution in [0.1, 0.15) is 20.3 Å². The van der Waals surface area contributed by atoms with E-state index in [4.69, 9.17) is 5.11 Å². The molecular formula is C11H20N2O4S. The molecule has 0 aliphatic carbocycles. The fraction of sp³-hybridized carbons (Fsp3) is 0.818. The van der Waals surface area contributed by atoms with E-state index in [2.05, 4.69) is 5.32 Å². The summed E-state index contributed by atoms with van der Waals surface area (Å²) in [5, 5.41) is 11.6. The maximum absolute atomic E-state index is 11.9. The highest BCUT2D eigenvalue weighted by Crippen LogP contribution is 2.09. The van der Waals surface area contributed by atoms with Gasteiger partial charge in [0.25, 0.3) is 0 Å². The van der Waals surface area contributed by atoms with Crippen LogP contribution in [0.2, 0.25) is 0 Å². The number of carboxylic acids is 1. The van der Waals surface area contributed by atoms with Gasteiger partial charge in [-0.3, -0.25) is 4.21 Å². The Kier molecular flexibility index (Phi) is 5.58. The Morgan fingerprint density at radius 2 is 1.94 bits per heavy atom. The fourth-order valence-electron chi connectivity index (χ4n) is 1.75. The highest BCUT2D eigenvalue weighted by Gasteiger charge is 2.28. The zero-order chi connectivity index (χ0) is 13.7. The number of rotatable bonds is 4. The van der Waals surface area contributed by atoms with Crippen molar-refractivity contribution in [1.82, 2.24) is 10.2 Å². The molecule has 0 aromatic carbocycles. The summed E-state index contributed by atoms with van der Waals surface area (Å²) in [7, 11) is -0.847. The number of hydrogen-bond acceptors (Lipinski definition) is 3. The molecular weight excluding hydrogens is 256 g/mol. The molecule has 2 atom stereocenters. The zero-order valence-electron chi connectivity index (χ0n) is 10.7. The predicted octanol–water partition coefficient (Wildman–Crippen LogP) is 0.260. The van der Waals surface area contributed by atoms with Crippen molar-refractivity contribution >= 4 is 22.8 Å². The molecule has 1 aliphatic heterocycles. The summed E-state index contributed by atoms with van der Waals surface area (Å²) in [4.78, 5) is 24.5. The van der Waals surface area contributed by atoms with Crippen LogP contribution in [-0.4, -0.2) is 56.9 Å². The number of carboxylic acid groups (broad SMARTS) is 1. The minimum Gasteiger partial charge on any atom is -0.480 e. The summed E-state index contributed by atoms with van der Waals surface area (Å²) >= 11 is 0. The van der Waals surface area contributed by atoms with Crippen LogP contribution in [0, 0.1) is 5.92 Å². The van der Waals surface area contributed by atoms with E-state index in [0.29, 0.717) is 31.0 Å². The first kappa shape index (κ1) is 14.9. The van der Waals surface area contributed by atoms with Gasteiger partial charge in [0.1, 0.15) is 6.04 Å². The second-order valence-corrected chi connectivity index (χ2v) is 6.18. The summed E-state index contributed by atoms with van der Waals surface area (Å²) in [5.74, 6) is -0.202. The molecule has 6 nitrogen and oxygen atoms in total. The number of amides is 2. The average molecular weight is 276 g/mol. The largest absolute Gasteiger partial charge is 0.480 e. The molecule has 1 aliphatic rings. The van der Waals surface area contributed by atoms with E-state index in [9.17, 15) is 13.8 Å². The molecule has 0 radical (unpaired) electrons. The number of nitrogens with zero attached hydrogens (tertiary/aromatic N) is 1. The zero-order valence-corrected chi connectivity index (χ0v) is 11.5. The van der Waals surface area contributed by atoms with Gasteiger partial charge in [-0.15, -0.1) is 0 Å². The van der Waals surface area contributed by atoms with Crippen molar-refractivity contribution in [1.29, 1.82) is 0 Å². The second-order valence-electron chi connectivity index (χ2n) is 4.49. The Balaban J connectivity index is 2.56. The summed E-state index contributed by atoms with van der Waals surface area (Å²) < 4.78 is 11.2. The van der Waals surface area contributed by atoms with Gasteiger partial charge in [-0.05, 0) is 5.92 Å². The highest BCUT2D eigenvalue weighted by molar-refractivity contribution is 7.85. The van der Waals surface area contributed by atoms with E-state index >= 15 is 0 Å². The lowest BCUT2D eigenvalue weighted by Crippen LogP contribution is -2.53. The summed E-state index contributed by atoms with van der Waals surface area (Å²) in [6.45, 7) is 4.53. The van der Waals surface area contributed by atoms with Crippen molar-refractivity contribution in [2.45, 2.75) is 26.3 Å². The maximum atomic E-state index is 11.9. The average Bonchev–Trinajstić information content (AvgIpc) is 2.35. The van der Waals surface area contributed by atoms with Crippen LogP contribution in [-0.2, 0) is 15.6 Å². The number of carbonyl (C=O) groups is 2. The van der Waals surface area contributed by atoms with Crippen molar-refractivity contribution in [2.75, 3.05) is 24.6 Å². The Bertz CT molecular complexity index is 338. The van der Waals surface area contributed by atoms with Crippen molar-refractivity contribution < 1.29 is 18.9 Å². The van der Waals surface area contributed by atoms with Crippen LogP contribution < -0.4 is 5.32 Å². The first-order valence-corrected chi connectivity index (χ1v) is 7.57. The highest BCUT2D eigenvalue weighted by atomic mass is 32.2. The molecule has 1 saturated heterocycles. The van der Waals surface area contributed by atoms with Crippen LogP contribution in [0.25, 0.3) is 0 Å². The third kappa shape index (κ3) is 3.97. The van der Waals surface area contributed by atoms with Gasteiger partial charge >= 0.3 is 12.0 Å². The molecule has 0 bridgehead atoms. The van der Waals surface area contributed by atoms with Gasteiger partial charge in [0, 0.05) is 35.4 Å². The lowest BCUT2D eigenvalue weighted by Gasteiger charge is -2.29. The molecule has 0 aromatic rings. The molecule has 7 heteroatoms. The van der Waals surface area contributed by atoms with Crippen LogP contribution in [0.4, 0.5) is 4.79 Å². The fourth-order valence-corrected chi connectivity index (χ4v) is 2.80. The summed E-state index contributed by atoms with van der Waals surface area (Å²) in [6, 6.07) is -1.24. The Morgan fingerprint density at radius 1 is 1.39 bits per heavy atom. The lowest BCUT2D eigenvalue weighted by atomic mass is 9.99. The molecule has 1 rings (SSSR count). The van der Waals surface area contributed by atoms with E-state index in [1.165, 1.54) is 4.90 Å². The molecule has 104 valence electrons. The van der Waals surface area contributed by atoms with E-state index in [0.717, 1.165) is 0 Å². The number of urea groups is 1. The Morgan fingerprint density at radius 3 is 2.39 bits per heavy atom. The second kappa shape index (κ2) is 6.72. The Labute approximate surface area is 109 Å². The summed E-state index contributed by atoms with van der Waals surface area (Å²) in [5.41, 5.74) is 0. The van der Waals surface area contributed by atoms with Gasteiger partial charge in [-0.25, -0.2) is 9.59 Å². The van der Waals surface area contributed by atoms with E-state index in [1.54, 1.807) is 6.92 Å². The molecule has 0 saturated carbocycles. The third-order valence-electron chi connectivity index (χ3n) is 3.22. The van der Waals surface area contributed by atoms with Crippen molar-refractivity contribution in [3.8, 4) is 0 Å². The predicted molar refractivity (Wildman–Crippen MR) is 68.9 cm³/mol. The molecule has 1 fully saturated rings. The smallest absolute Gasteiger partial charge is 0.326 e. The van der Waals surface area contributed by atoms with Gasteiger partial charge in [-0.1, -0.05) is 20.3 Å². The van der Waals surface area contributed by atoms with Gasteiger partial charge in [0.2, 0.25) is 0 Å². The van der Waals surface area contributed by atoms with Gasteiger partial charge < -0.3 is 15.3 Å². The maximum Gasteiger partial charge on any atom is 0.326 e. The monoisotopic (exact) mass is 276 g/mol. The molecule has 1 unspecified atom stereocenters. The number of carbonyl (C=O) groups excluding carboxylic acids is 1. The first-order chi connectivity index (χ1) is 8.45. The molecule has 0 aromatic heterocycles. The van der Waals surface area contributed by atoms with Crippen LogP contribution in [0.15, 0.2) is 0 Å². The molecule has 2 amide bonds. The quantitative estimate of drug-likeness (QED) is 0.771. The van der Waals surface area contributed by atoms with Crippen LogP contribution >= 0.6 is 0 Å². The van der Waals surface area contributed by atoms with Gasteiger partial charge in [0.05, 0.1) is 0 Å². The normalized spacial score (nSPS) is 20.2.